The third-order valence-corrected chi connectivity index (χ3v) is 7.46. The molecule has 4 rings (SSSR count). The number of sulfonamides is 1. The van der Waals surface area contributed by atoms with Gasteiger partial charge in [-0.25, -0.2) is 8.42 Å². The van der Waals surface area contributed by atoms with Crippen molar-refractivity contribution < 1.29 is 17.9 Å². The Bertz CT molecular complexity index is 1170. The van der Waals surface area contributed by atoms with Gasteiger partial charge in [0.1, 0.15) is 0 Å². The van der Waals surface area contributed by atoms with Gasteiger partial charge in [-0.05, 0) is 54.1 Å². The third-order valence-electron chi connectivity index (χ3n) is 5.66. The van der Waals surface area contributed by atoms with E-state index in [4.69, 9.17) is 4.74 Å². The lowest BCUT2D eigenvalue weighted by Crippen LogP contribution is -2.36. The molecular weight excluding hydrogens is 438 g/mol. The minimum absolute atomic E-state index is 0.215. The Morgan fingerprint density at radius 1 is 0.939 bits per heavy atom. The van der Waals surface area contributed by atoms with Gasteiger partial charge in [0.15, 0.2) is 0 Å². The lowest BCUT2D eigenvalue weighted by atomic mass is 10.1. The molecule has 1 saturated heterocycles. The fourth-order valence-corrected chi connectivity index (χ4v) is 4.86. The summed E-state index contributed by atoms with van der Waals surface area (Å²) in [6, 6.07) is 22.9. The normalized spacial score (nSPS) is 14.0. The maximum atomic E-state index is 12.8. The summed E-state index contributed by atoms with van der Waals surface area (Å²) in [6.07, 6.45) is 0. The summed E-state index contributed by atoms with van der Waals surface area (Å²) in [5.74, 6) is -0.215. The first kappa shape index (κ1) is 22.8. The van der Waals surface area contributed by atoms with Gasteiger partial charge < -0.3 is 15.0 Å². The highest BCUT2D eigenvalue weighted by Gasteiger charge is 2.21. The minimum Gasteiger partial charge on any atom is -0.378 e. The molecular formula is C25H27N3O4S. The second-order valence-corrected chi connectivity index (χ2v) is 9.75. The molecule has 0 saturated carbocycles. The van der Waals surface area contributed by atoms with Crippen LogP contribution < -0.4 is 14.5 Å². The second kappa shape index (κ2) is 10.1. The first-order valence-corrected chi connectivity index (χ1v) is 12.2. The number of carbonyl (C=O) groups is 1. The van der Waals surface area contributed by atoms with Crippen molar-refractivity contribution in [2.75, 3.05) is 42.6 Å². The van der Waals surface area contributed by atoms with Crippen LogP contribution in [0.5, 0.6) is 0 Å². The van der Waals surface area contributed by atoms with E-state index in [2.05, 4.69) is 22.3 Å². The number of amides is 1. The number of carbonyl (C=O) groups excluding carboxylic acids is 1. The van der Waals surface area contributed by atoms with Gasteiger partial charge in [-0.3, -0.25) is 9.10 Å². The van der Waals surface area contributed by atoms with E-state index < -0.39 is 10.0 Å². The predicted molar refractivity (Wildman–Crippen MR) is 129 cm³/mol. The molecule has 1 heterocycles. The lowest BCUT2D eigenvalue weighted by Gasteiger charge is -2.28. The van der Waals surface area contributed by atoms with Crippen LogP contribution in [0.15, 0.2) is 83.8 Å². The molecule has 1 fully saturated rings. The van der Waals surface area contributed by atoms with Crippen molar-refractivity contribution in [3.8, 4) is 0 Å². The van der Waals surface area contributed by atoms with Crippen LogP contribution >= 0.6 is 0 Å². The van der Waals surface area contributed by atoms with Gasteiger partial charge in [0.2, 0.25) is 0 Å². The number of anilines is 2. The summed E-state index contributed by atoms with van der Waals surface area (Å²) in [6.45, 7) is 3.66. The number of hydrogen-bond donors (Lipinski definition) is 1. The van der Waals surface area contributed by atoms with Crippen molar-refractivity contribution >= 4 is 27.3 Å². The van der Waals surface area contributed by atoms with Crippen LogP contribution in [-0.4, -0.2) is 47.7 Å². The van der Waals surface area contributed by atoms with Crippen LogP contribution in [0.2, 0.25) is 0 Å². The molecule has 0 atom stereocenters. The molecule has 172 valence electrons. The van der Waals surface area contributed by atoms with E-state index in [1.165, 1.54) is 11.4 Å². The molecule has 0 aliphatic carbocycles. The van der Waals surface area contributed by atoms with Crippen LogP contribution in [0.25, 0.3) is 0 Å². The Balaban J connectivity index is 1.35. The van der Waals surface area contributed by atoms with Crippen molar-refractivity contribution in [2.24, 2.45) is 0 Å². The molecule has 1 aliphatic heterocycles. The molecule has 1 aliphatic rings. The van der Waals surface area contributed by atoms with Gasteiger partial charge in [-0.15, -0.1) is 0 Å². The molecule has 3 aromatic carbocycles. The second-order valence-electron chi connectivity index (χ2n) is 7.78. The number of ether oxygens (including phenoxy) is 1. The number of nitrogens with one attached hydrogen (secondary N) is 1. The minimum atomic E-state index is -3.66. The van der Waals surface area contributed by atoms with E-state index in [1.807, 2.05) is 12.1 Å². The van der Waals surface area contributed by atoms with Crippen molar-refractivity contribution in [3.63, 3.8) is 0 Å². The summed E-state index contributed by atoms with van der Waals surface area (Å²) >= 11 is 0. The van der Waals surface area contributed by atoms with Gasteiger partial charge in [0.05, 0.1) is 23.8 Å². The molecule has 3 aromatic rings. The van der Waals surface area contributed by atoms with Crippen molar-refractivity contribution in [2.45, 2.75) is 11.4 Å². The molecule has 0 radical (unpaired) electrons. The number of hydrogen-bond acceptors (Lipinski definition) is 5. The Morgan fingerprint density at radius 2 is 1.58 bits per heavy atom. The molecule has 0 unspecified atom stereocenters. The Morgan fingerprint density at radius 3 is 2.21 bits per heavy atom. The van der Waals surface area contributed by atoms with Crippen molar-refractivity contribution in [1.82, 2.24) is 5.32 Å². The van der Waals surface area contributed by atoms with Gasteiger partial charge in [0.25, 0.3) is 15.9 Å². The molecule has 8 heteroatoms. The van der Waals surface area contributed by atoms with Crippen molar-refractivity contribution in [1.29, 1.82) is 0 Å². The summed E-state index contributed by atoms with van der Waals surface area (Å²) in [5, 5.41) is 2.91. The predicted octanol–water partition coefficient (Wildman–Crippen LogP) is 3.28. The summed E-state index contributed by atoms with van der Waals surface area (Å²) in [7, 11) is -2.16. The van der Waals surface area contributed by atoms with Crippen molar-refractivity contribution in [3.05, 3.63) is 90.0 Å². The molecule has 1 amide bonds. The Labute approximate surface area is 194 Å². The molecule has 33 heavy (non-hydrogen) atoms. The average Bonchev–Trinajstić information content (AvgIpc) is 2.88. The fourth-order valence-electron chi connectivity index (χ4n) is 3.64. The number of nitrogens with zero attached hydrogens (tertiary/aromatic N) is 2. The van der Waals surface area contributed by atoms with E-state index in [1.54, 1.807) is 54.6 Å². The standard InChI is InChI=1S/C25H27N3O4S/c1-27(33(30,31)24-5-3-2-4-6-24)22-13-9-21(10-14-22)25(29)26-19-20-7-11-23(12-8-20)28-15-17-32-18-16-28/h2-14H,15-19H2,1H3,(H,26,29). The van der Waals surface area contributed by atoms with E-state index in [0.717, 1.165) is 37.6 Å². The zero-order valence-corrected chi connectivity index (χ0v) is 19.3. The highest BCUT2D eigenvalue weighted by molar-refractivity contribution is 7.92. The van der Waals surface area contributed by atoms with Crippen LogP contribution in [0, 0.1) is 0 Å². The Kier molecular flexibility index (Phi) is 6.96. The molecule has 0 bridgehead atoms. The van der Waals surface area contributed by atoms with Gasteiger partial charge in [0, 0.05) is 37.9 Å². The lowest BCUT2D eigenvalue weighted by molar-refractivity contribution is 0.0951. The van der Waals surface area contributed by atoms with Crippen LogP contribution in [0.1, 0.15) is 15.9 Å². The highest BCUT2D eigenvalue weighted by Crippen LogP contribution is 2.22. The topological polar surface area (TPSA) is 79.0 Å². The summed E-state index contributed by atoms with van der Waals surface area (Å²) in [4.78, 5) is 15.1. The molecule has 1 N–H and O–H groups in total. The largest absolute Gasteiger partial charge is 0.378 e. The first-order chi connectivity index (χ1) is 15.9. The summed E-state index contributed by atoms with van der Waals surface area (Å²) in [5.41, 5.74) is 3.10. The fraction of sp³-hybridized carbons (Fsp3) is 0.240. The SMILES string of the molecule is CN(c1ccc(C(=O)NCc2ccc(N3CCOCC3)cc2)cc1)S(=O)(=O)c1ccccc1. The summed E-state index contributed by atoms with van der Waals surface area (Å²) < 4.78 is 32.1. The quantitative estimate of drug-likeness (QED) is 0.579. The van der Waals surface area contributed by atoms with E-state index >= 15 is 0 Å². The number of morpholine rings is 1. The number of rotatable bonds is 7. The maximum Gasteiger partial charge on any atom is 0.264 e. The van der Waals surface area contributed by atoms with Gasteiger partial charge >= 0.3 is 0 Å². The first-order valence-electron chi connectivity index (χ1n) is 10.8. The van der Waals surface area contributed by atoms with Crippen LogP contribution in [-0.2, 0) is 21.3 Å². The molecule has 0 aromatic heterocycles. The zero-order chi connectivity index (χ0) is 23.3. The van der Waals surface area contributed by atoms with Gasteiger partial charge in [-0.1, -0.05) is 30.3 Å². The van der Waals surface area contributed by atoms with E-state index in [0.29, 0.717) is 17.8 Å². The third kappa shape index (κ3) is 5.35. The Hall–Kier alpha value is -3.36. The number of benzene rings is 3. The van der Waals surface area contributed by atoms with Gasteiger partial charge in [-0.2, -0.15) is 0 Å². The average molecular weight is 466 g/mol. The van der Waals surface area contributed by atoms with E-state index in [-0.39, 0.29) is 10.8 Å². The maximum absolute atomic E-state index is 12.8. The highest BCUT2D eigenvalue weighted by atomic mass is 32.2. The van der Waals surface area contributed by atoms with Crippen LogP contribution in [0.3, 0.4) is 0 Å². The monoisotopic (exact) mass is 465 g/mol. The zero-order valence-electron chi connectivity index (χ0n) is 18.5. The van der Waals surface area contributed by atoms with Crippen LogP contribution in [0.4, 0.5) is 11.4 Å². The van der Waals surface area contributed by atoms with E-state index in [9.17, 15) is 13.2 Å². The smallest absolute Gasteiger partial charge is 0.264 e. The molecule has 0 spiro atoms. The molecule has 7 nitrogen and oxygen atoms in total.